The summed E-state index contributed by atoms with van der Waals surface area (Å²) < 4.78 is 0. The Balaban J connectivity index is 1.65. The Morgan fingerprint density at radius 2 is 1.89 bits per heavy atom. The zero-order valence-corrected chi connectivity index (χ0v) is 16.3. The van der Waals surface area contributed by atoms with Gasteiger partial charge in [0.25, 0.3) is 5.91 Å². The van der Waals surface area contributed by atoms with Crippen molar-refractivity contribution in [2.24, 2.45) is 5.92 Å². The first-order valence-corrected chi connectivity index (χ1v) is 9.81. The van der Waals surface area contributed by atoms with E-state index in [1.54, 1.807) is 23.4 Å². The average molecular weight is 381 g/mol. The SMILES string of the molecule is Cc1cnccc1N(CC(=O)NOCc1ccccc1)C(=O)C1CCCCC1. The second kappa shape index (κ2) is 9.99. The highest BCUT2D eigenvalue weighted by molar-refractivity contribution is 6.00. The van der Waals surface area contributed by atoms with Gasteiger partial charge >= 0.3 is 0 Å². The summed E-state index contributed by atoms with van der Waals surface area (Å²) in [4.78, 5) is 36.6. The lowest BCUT2D eigenvalue weighted by Gasteiger charge is -2.29. The van der Waals surface area contributed by atoms with Gasteiger partial charge < -0.3 is 4.90 Å². The molecule has 1 saturated carbocycles. The normalized spacial score (nSPS) is 14.5. The number of anilines is 1. The number of hydrogen-bond acceptors (Lipinski definition) is 4. The van der Waals surface area contributed by atoms with Crippen LogP contribution in [-0.2, 0) is 21.0 Å². The van der Waals surface area contributed by atoms with Crippen LogP contribution < -0.4 is 10.4 Å². The number of carbonyl (C=O) groups excluding carboxylic acids is 2. The molecule has 0 unspecified atom stereocenters. The molecule has 148 valence electrons. The van der Waals surface area contributed by atoms with E-state index >= 15 is 0 Å². The number of nitrogens with one attached hydrogen (secondary N) is 1. The smallest absolute Gasteiger partial charge is 0.263 e. The summed E-state index contributed by atoms with van der Waals surface area (Å²) in [6, 6.07) is 11.4. The monoisotopic (exact) mass is 381 g/mol. The van der Waals surface area contributed by atoms with Gasteiger partial charge in [-0.3, -0.25) is 19.4 Å². The van der Waals surface area contributed by atoms with Crippen molar-refractivity contribution in [2.45, 2.75) is 45.6 Å². The molecule has 0 spiro atoms. The highest BCUT2D eigenvalue weighted by atomic mass is 16.6. The second-order valence-electron chi connectivity index (χ2n) is 7.22. The van der Waals surface area contributed by atoms with Crippen molar-refractivity contribution in [2.75, 3.05) is 11.4 Å². The van der Waals surface area contributed by atoms with E-state index in [9.17, 15) is 9.59 Å². The molecule has 0 radical (unpaired) electrons. The van der Waals surface area contributed by atoms with Crippen LogP contribution in [-0.4, -0.2) is 23.3 Å². The molecule has 2 amide bonds. The van der Waals surface area contributed by atoms with Gasteiger partial charge in [0.05, 0.1) is 12.3 Å². The molecule has 0 bridgehead atoms. The van der Waals surface area contributed by atoms with E-state index in [1.165, 1.54) is 6.42 Å². The third kappa shape index (κ3) is 5.39. The number of amides is 2. The van der Waals surface area contributed by atoms with Crippen molar-refractivity contribution in [3.05, 3.63) is 59.9 Å². The fourth-order valence-corrected chi connectivity index (χ4v) is 3.57. The summed E-state index contributed by atoms with van der Waals surface area (Å²) in [7, 11) is 0. The lowest BCUT2D eigenvalue weighted by molar-refractivity contribution is -0.135. The Hall–Kier alpha value is -2.73. The summed E-state index contributed by atoms with van der Waals surface area (Å²) in [5.41, 5.74) is 5.01. The number of hydroxylamine groups is 1. The van der Waals surface area contributed by atoms with Crippen LogP contribution in [0.1, 0.15) is 43.2 Å². The number of aryl methyl sites for hydroxylation is 1. The minimum Gasteiger partial charge on any atom is -0.302 e. The van der Waals surface area contributed by atoms with Gasteiger partial charge in [-0.1, -0.05) is 49.6 Å². The van der Waals surface area contributed by atoms with Crippen LogP contribution in [0.25, 0.3) is 0 Å². The molecule has 6 nitrogen and oxygen atoms in total. The number of aromatic nitrogens is 1. The highest BCUT2D eigenvalue weighted by Gasteiger charge is 2.29. The van der Waals surface area contributed by atoms with Crippen molar-refractivity contribution in [1.29, 1.82) is 0 Å². The van der Waals surface area contributed by atoms with Gasteiger partial charge in [0.15, 0.2) is 0 Å². The molecule has 1 fully saturated rings. The molecule has 2 aromatic rings. The Morgan fingerprint density at radius 3 is 2.61 bits per heavy atom. The quantitative estimate of drug-likeness (QED) is 0.745. The van der Waals surface area contributed by atoms with Gasteiger partial charge in [0.1, 0.15) is 6.54 Å². The van der Waals surface area contributed by atoms with Crippen LogP contribution in [0.4, 0.5) is 5.69 Å². The standard InChI is InChI=1S/C22H27N3O3/c1-17-14-23-13-12-20(17)25(22(27)19-10-6-3-7-11-19)15-21(26)24-28-16-18-8-4-2-5-9-18/h2,4-5,8-9,12-14,19H,3,6-7,10-11,15-16H2,1H3,(H,24,26). The van der Waals surface area contributed by atoms with Gasteiger partial charge in [0, 0.05) is 18.3 Å². The van der Waals surface area contributed by atoms with E-state index in [2.05, 4.69) is 10.5 Å². The Kier molecular flexibility index (Phi) is 7.14. The maximum Gasteiger partial charge on any atom is 0.263 e. The Morgan fingerprint density at radius 1 is 1.14 bits per heavy atom. The molecular weight excluding hydrogens is 354 g/mol. The fraction of sp³-hybridized carbons (Fsp3) is 0.409. The first kappa shape index (κ1) is 20.0. The van der Waals surface area contributed by atoms with Crippen molar-refractivity contribution in [1.82, 2.24) is 10.5 Å². The molecule has 1 aromatic heterocycles. The molecule has 1 aromatic carbocycles. The van der Waals surface area contributed by atoms with E-state index in [0.29, 0.717) is 0 Å². The van der Waals surface area contributed by atoms with Crippen LogP contribution in [0, 0.1) is 12.8 Å². The Labute approximate surface area is 165 Å². The van der Waals surface area contributed by atoms with Crippen LogP contribution in [0.3, 0.4) is 0 Å². The molecule has 1 heterocycles. The third-order valence-electron chi connectivity index (χ3n) is 5.07. The predicted molar refractivity (Wildman–Crippen MR) is 107 cm³/mol. The topological polar surface area (TPSA) is 71.5 Å². The highest BCUT2D eigenvalue weighted by Crippen LogP contribution is 2.28. The first-order valence-electron chi connectivity index (χ1n) is 9.81. The van der Waals surface area contributed by atoms with Crippen LogP contribution in [0.15, 0.2) is 48.8 Å². The molecule has 0 aliphatic heterocycles. The van der Waals surface area contributed by atoms with Crippen LogP contribution >= 0.6 is 0 Å². The summed E-state index contributed by atoms with van der Waals surface area (Å²) in [5.74, 6) is -0.372. The van der Waals surface area contributed by atoms with Crippen LogP contribution in [0.5, 0.6) is 0 Å². The average Bonchev–Trinajstić information content (AvgIpc) is 2.73. The predicted octanol–water partition coefficient (Wildman–Crippen LogP) is 3.55. The molecule has 0 atom stereocenters. The zero-order chi connectivity index (χ0) is 19.8. The van der Waals surface area contributed by atoms with Gasteiger partial charge in [-0.25, -0.2) is 5.48 Å². The molecule has 3 rings (SSSR count). The minimum atomic E-state index is -0.351. The summed E-state index contributed by atoms with van der Waals surface area (Å²) >= 11 is 0. The molecule has 28 heavy (non-hydrogen) atoms. The summed E-state index contributed by atoms with van der Waals surface area (Å²) in [5, 5.41) is 0. The van der Waals surface area contributed by atoms with Crippen molar-refractivity contribution in [3.63, 3.8) is 0 Å². The van der Waals surface area contributed by atoms with Gasteiger partial charge in [-0.15, -0.1) is 0 Å². The number of carbonyl (C=O) groups is 2. The van der Waals surface area contributed by atoms with E-state index in [4.69, 9.17) is 4.84 Å². The lowest BCUT2D eigenvalue weighted by atomic mass is 9.88. The third-order valence-corrected chi connectivity index (χ3v) is 5.07. The van der Waals surface area contributed by atoms with Crippen molar-refractivity contribution in [3.8, 4) is 0 Å². The molecule has 6 heteroatoms. The van der Waals surface area contributed by atoms with Crippen LogP contribution in [0.2, 0.25) is 0 Å². The minimum absolute atomic E-state index is 0.00668. The largest absolute Gasteiger partial charge is 0.302 e. The van der Waals surface area contributed by atoms with Gasteiger partial charge in [0.2, 0.25) is 5.91 Å². The first-order chi connectivity index (χ1) is 13.6. The van der Waals surface area contributed by atoms with E-state index in [0.717, 1.165) is 42.5 Å². The number of benzene rings is 1. The molecular formula is C22H27N3O3. The van der Waals surface area contributed by atoms with E-state index in [1.807, 2.05) is 37.3 Å². The second-order valence-corrected chi connectivity index (χ2v) is 7.22. The number of nitrogens with zero attached hydrogens (tertiary/aromatic N) is 2. The lowest BCUT2D eigenvalue weighted by Crippen LogP contribution is -2.44. The van der Waals surface area contributed by atoms with Gasteiger partial charge in [-0.2, -0.15) is 0 Å². The fourth-order valence-electron chi connectivity index (χ4n) is 3.57. The molecule has 1 aliphatic carbocycles. The summed E-state index contributed by atoms with van der Waals surface area (Å²) in [6.45, 7) is 2.10. The molecule has 1 N–H and O–H groups in total. The van der Waals surface area contributed by atoms with Crippen molar-refractivity contribution < 1.29 is 14.4 Å². The van der Waals surface area contributed by atoms with Crippen molar-refractivity contribution >= 4 is 17.5 Å². The Bertz CT molecular complexity index is 789. The molecule has 0 saturated heterocycles. The molecule has 1 aliphatic rings. The number of hydrogen-bond donors (Lipinski definition) is 1. The van der Waals surface area contributed by atoms with Gasteiger partial charge in [-0.05, 0) is 37.0 Å². The number of rotatable bonds is 7. The maximum atomic E-state index is 13.2. The number of pyridine rings is 1. The van der Waals surface area contributed by atoms with E-state index in [-0.39, 0.29) is 30.9 Å². The maximum absolute atomic E-state index is 13.2. The zero-order valence-electron chi connectivity index (χ0n) is 16.3. The summed E-state index contributed by atoms with van der Waals surface area (Å²) in [6.07, 6.45) is 8.41. The van der Waals surface area contributed by atoms with E-state index < -0.39 is 0 Å².